The van der Waals surface area contributed by atoms with Crippen molar-refractivity contribution >= 4 is 33.5 Å². The number of rotatable bonds is 7. The van der Waals surface area contributed by atoms with Gasteiger partial charge in [0.15, 0.2) is 0 Å². The molecule has 1 saturated heterocycles. The maximum Gasteiger partial charge on any atom is 0.246 e. The van der Waals surface area contributed by atoms with Crippen LogP contribution in [-0.4, -0.2) is 35.4 Å². The van der Waals surface area contributed by atoms with Crippen molar-refractivity contribution in [2.75, 3.05) is 13.6 Å². The molecular weight excluding hydrogens is 380 g/mol. The summed E-state index contributed by atoms with van der Waals surface area (Å²) in [5.41, 5.74) is 9.07. The van der Waals surface area contributed by atoms with E-state index in [0.29, 0.717) is 12.1 Å². The summed E-state index contributed by atoms with van der Waals surface area (Å²) in [7, 11) is 1.86. The molecule has 1 aromatic heterocycles. The normalized spacial score (nSPS) is 19.2. The highest BCUT2D eigenvalue weighted by atomic mass is 32.1. The van der Waals surface area contributed by atoms with Gasteiger partial charge in [0.1, 0.15) is 5.01 Å². The summed E-state index contributed by atoms with van der Waals surface area (Å²) < 4.78 is 1.14. The molecule has 2 N–H and O–H groups in total. The quantitative estimate of drug-likeness (QED) is 0.579. The van der Waals surface area contributed by atoms with Gasteiger partial charge in [0, 0.05) is 31.8 Å². The molecule has 29 heavy (non-hydrogen) atoms. The fraction of sp³-hybridized carbons (Fsp3) is 0.304. The number of fused-ring (bicyclic) bond motifs is 1. The average molecular weight is 407 g/mol. The first-order valence-electron chi connectivity index (χ1n) is 10.0. The number of nitrogens with zero attached hydrogens (tertiary/aromatic N) is 2. The van der Waals surface area contributed by atoms with Crippen molar-refractivity contribution < 1.29 is 4.79 Å². The van der Waals surface area contributed by atoms with Crippen LogP contribution in [0.5, 0.6) is 0 Å². The molecule has 4 rings (SSSR count). The predicted octanol–water partition coefficient (Wildman–Crippen LogP) is 4.16. The molecule has 0 aliphatic carbocycles. The zero-order valence-corrected chi connectivity index (χ0v) is 17.4. The minimum Gasteiger partial charge on any atom is -0.342 e. The van der Waals surface area contributed by atoms with Crippen molar-refractivity contribution in [3.8, 4) is 0 Å². The largest absolute Gasteiger partial charge is 0.342 e. The number of amides is 1. The van der Waals surface area contributed by atoms with Crippen molar-refractivity contribution in [3.05, 3.63) is 71.2 Å². The van der Waals surface area contributed by atoms with E-state index in [4.69, 9.17) is 0 Å². The monoisotopic (exact) mass is 406 g/mol. The first-order chi connectivity index (χ1) is 14.2. The van der Waals surface area contributed by atoms with Gasteiger partial charge in [0.05, 0.1) is 10.2 Å². The van der Waals surface area contributed by atoms with Crippen LogP contribution in [0, 0.1) is 0 Å². The molecule has 2 atom stereocenters. The molecular formula is C23H26N4OS. The molecule has 5 nitrogen and oxygen atoms in total. The molecule has 3 aromatic rings. The maximum absolute atomic E-state index is 12.4. The molecule has 0 spiro atoms. The van der Waals surface area contributed by atoms with E-state index in [2.05, 4.69) is 40.1 Å². The number of hydrogen-bond acceptors (Lipinski definition) is 5. The minimum atomic E-state index is 0.0175. The van der Waals surface area contributed by atoms with Gasteiger partial charge in [-0.1, -0.05) is 42.5 Å². The van der Waals surface area contributed by atoms with Crippen LogP contribution < -0.4 is 10.9 Å². The number of hydrazine groups is 1. The molecule has 2 aromatic carbocycles. The molecule has 1 fully saturated rings. The second-order valence-electron chi connectivity index (χ2n) is 7.44. The van der Waals surface area contributed by atoms with Crippen LogP contribution in [0.1, 0.15) is 35.9 Å². The van der Waals surface area contributed by atoms with Gasteiger partial charge in [0.25, 0.3) is 0 Å². The van der Waals surface area contributed by atoms with Gasteiger partial charge >= 0.3 is 0 Å². The molecule has 1 aliphatic rings. The third-order valence-corrected chi connectivity index (χ3v) is 6.29. The summed E-state index contributed by atoms with van der Waals surface area (Å²) in [6.45, 7) is 0.747. The molecule has 6 heteroatoms. The van der Waals surface area contributed by atoms with E-state index in [-0.39, 0.29) is 5.91 Å². The van der Waals surface area contributed by atoms with E-state index >= 15 is 0 Å². The summed E-state index contributed by atoms with van der Waals surface area (Å²) >= 11 is 1.60. The van der Waals surface area contributed by atoms with E-state index in [1.54, 1.807) is 22.3 Å². The van der Waals surface area contributed by atoms with Crippen LogP contribution in [0.3, 0.4) is 0 Å². The summed E-state index contributed by atoms with van der Waals surface area (Å²) in [6, 6.07) is 19.3. The van der Waals surface area contributed by atoms with Gasteiger partial charge in [-0.15, -0.1) is 11.3 Å². The first-order valence-corrected chi connectivity index (χ1v) is 10.9. The lowest BCUT2D eigenvalue weighted by atomic mass is 10.00. The summed E-state index contributed by atoms with van der Waals surface area (Å²) in [6.07, 6.45) is 6.52. The number of carbonyl (C=O) groups excluding carboxylic acids is 1. The standard InChI is InChI=1S/C23H26N4OS/c1-27(23(28)14-13-22-24-19-11-5-6-12-21(19)29-22)15-7-10-18-16-20(26-25-18)17-8-3-2-4-9-17/h2-6,8-9,11-14,18,20,25-26H,7,10,15-16H2,1H3/b14-13+. The van der Waals surface area contributed by atoms with Crippen molar-refractivity contribution in [1.29, 1.82) is 0 Å². The van der Waals surface area contributed by atoms with Gasteiger partial charge in [-0.25, -0.2) is 4.98 Å². The number of benzene rings is 2. The van der Waals surface area contributed by atoms with Crippen molar-refractivity contribution in [1.82, 2.24) is 20.7 Å². The summed E-state index contributed by atoms with van der Waals surface area (Å²) in [4.78, 5) is 18.7. The second kappa shape index (κ2) is 9.31. The third kappa shape index (κ3) is 5.09. The Bertz CT molecular complexity index is 952. The van der Waals surface area contributed by atoms with Crippen molar-refractivity contribution in [3.63, 3.8) is 0 Å². The lowest BCUT2D eigenvalue weighted by Gasteiger charge is -2.16. The van der Waals surface area contributed by atoms with E-state index in [0.717, 1.165) is 41.0 Å². The number of aromatic nitrogens is 1. The predicted molar refractivity (Wildman–Crippen MR) is 119 cm³/mol. The number of likely N-dealkylation sites (N-methyl/N-ethyl adjacent to an activating group) is 1. The van der Waals surface area contributed by atoms with Crippen LogP contribution in [0.15, 0.2) is 60.7 Å². The molecule has 150 valence electrons. The zero-order chi connectivity index (χ0) is 20.1. The Kier molecular flexibility index (Phi) is 6.34. The second-order valence-corrected chi connectivity index (χ2v) is 8.50. The highest BCUT2D eigenvalue weighted by molar-refractivity contribution is 7.19. The fourth-order valence-corrected chi connectivity index (χ4v) is 4.50. The van der Waals surface area contributed by atoms with Crippen LogP contribution in [0.2, 0.25) is 0 Å². The number of nitrogens with one attached hydrogen (secondary N) is 2. The lowest BCUT2D eigenvalue weighted by Crippen LogP contribution is -2.32. The number of carbonyl (C=O) groups is 1. The Hall–Kier alpha value is -2.54. The highest BCUT2D eigenvalue weighted by Crippen LogP contribution is 2.24. The average Bonchev–Trinajstić information content (AvgIpc) is 3.39. The maximum atomic E-state index is 12.4. The summed E-state index contributed by atoms with van der Waals surface area (Å²) in [5.74, 6) is 0.0175. The molecule has 0 bridgehead atoms. The molecule has 0 radical (unpaired) electrons. The van der Waals surface area contributed by atoms with Crippen LogP contribution in [0.4, 0.5) is 0 Å². The van der Waals surface area contributed by atoms with Gasteiger partial charge in [-0.3, -0.25) is 15.6 Å². The van der Waals surface area contributed by atoms with Gasteiger partial charge < -0.3 is 4.90 Å². The minimum absolute atomic E-state index is 0.0175. The van der Waals surface area contributed by atoms with Crippen molar-refractivity contribution in [2.45, 2.75) is 31.3 Å². The van der Waals surface area contributed by atoms with Crippen molar-refractivity contribution in [2.24, 2.45) is 0 Å². The SMILES string of the molecule is CN(CCCC1CC(c2ccccc2)NN1)C(=O)/C=C/c1nc2ccccc2s1. The Balaban J connectivity index is 1.21. The Morgan fingerprint density at radius 1 is 1.17 bits per heavy atom. The summed E-state index contributed by atoms with van der Waals surface area (Å²) in [5, 5.41) is 0.862. The Labute approximate surface area is 175 Å². The van der Waals surface area contributed by atoms with E-state index in [1.165, 1.54) is 5.56 Å². The third-order valence-electron chi connectivity index (χ3n) is 5.29. The van der Waals surface area contributed by atoms with E-state index < -0.39 is 0 Å². The van der Waals surface area contributed by atoms with Gasteiger partial charge in [-0.05, 0) is 43.0 Å². The van der Waals surface area contributed by atoms with E-state index in [9.17, 15) is 4.79 Å². The van der Waals surface area contributed by atoms with Gasteiger partial charge in [0.2, 0.25) is 5.91 Å². The Morgan fingerprint density at radius 3 is 2.79 bits per heavy atom. The van der Waals surface area contributed by atoms with Crippen LogP contribution >= 0.6 is 11.3 Å². The van der Waals surface area contributed by atoms with Crippen LogP contribution in [0.25, 0.3) is 16.3 Å². The smallest absolute Gasteiger partial charge is 0.246 e. The molecule has 1 aliphatic heterocycles. The number of hydrogen-bond donors (Lipinski definition) is 2. The first kappa shape index (κ1) is 19.8. The Morgan fingerprint density at radius 2 is 1.97 bits per heavy atom. The van der Waals surface area contributed by atoms with E-state index in [1.807, 2.05) is 43.5 Å². The number of para-hydroxylation sites is 1. The van der Waals surface area contributed by atoms with Crippen LogP contribution in [-0.2, 0) is 4.79 Å². The fourth-order valence-electron chi connectivity index (χ4n) is 3.63. The molecule has 2 unspecified atom stereocenters. The molecule has 0 saturated carbocycles. The molecule has 2 heterocycles. The number of thiazole rings is 1. The topological polar surface area (TPSA) is 57.3 Å². The van der Waals surface area contributed by atoms with Gasteiger partial charge in [-0.2, -0.15) is 0 Å². The molecule has 1 amide bonds. The highest BCUT2D eigenvalue weighted by Gasteiger charge is 2.24. The zero-order valence-electron chi connectivity index (χ0n) is 16.5. The lowest BCUT2D eigenvalue weighted by molar-refractivity contribution is -0.124.